The van der Waals surface area contributed by atoms with Gasteiger partial charge in [-0.1, -0.05) is 35.4 Å². The summed E-state index contributed by atoms with van der Waals surface area (Å²) >= 11 is 0. The molecular weight excluding hydrogens is 312 g/mol. The van der Waals surface area contributed by atoms with Gasteiger partial charge in [-0.15, -0.1) is 0 Å². The van der Waals surface area contributed by atoms with Gasteiger partial charge < -0.3 is 0 Å². The topological polar surface area (TPSA) is 55.5 Å². The summed E-state index contributed by atoms with van der Waals surface area (Å²) in [4.78, 5) is 15.2. The standard InChI is InChI=1S/C21H16N2O2/c1-13-3-9-17-18-10-4-14(2)12-20(18)21(19(17)11-13)22-15-5-7-16(8-6-15)23(24)25/h3-12H,1-2H3. The molecule has 3 aromatic rings. The predicted molar refractivity (Wildman–Crippen MR) is 99.7 cm³/mol. The Bertz CT molecular complexity index is 981. The molecule has 1 aliphatic rings. The van der Waals surface area contributed by atoms with Crippen LogP contribution in [0.5, 0.6) is 0 Å². The van der Waals surface area contributed by atoms with Crippen LogP contribution in [-0.2, 0) is 0 Å². The summed E-state index contributed by atoms with van der Waals surface area (Å²) in [6, 6.07) is 19.1. The maximum absolute atomic E-state index is 10.8. The molecule has 1 aliphatic carbocycles. The fourth-order valence-corrected chi connectivity index (χ4v) is 3.22. The zero-order valence-electron chi connectivity index (χ0n) is 14.0. The van der Waals surface area contributed by atoms with Crippen molar-refractivity contribution in [1.82, 2.24) is 0 Å². The molecule has 0 heterocycles. The van der Waals surface area contributed by atoms with Crippen molar-refractivity contribution in [3.63, 3.8) is 0 Å². The number of nitro groups is 1. The summed E-state index contributed by atoms with van der Waals surface area (Å²) in [5.74, 6) is 0. The highest BCUT2D eigenvalue weighted by atomic mass is 16.6. The molecule has 0 aromatic heterocycles. The van der Waals surface area contributed by atoms with Crippen LogP contribution in [-0.4, -0.2) is 10.6 Å². The van der Waals surface area contributed by atoms with E-state index in [1.165, 1.54) is 34.4 Å². The Hall–Kier alpha value is -3.27. The minimum Gasteiger partial charge on any atom is -0.258 e. The molecular formula is C21H16N2O2. The molecule has 0 amide bonds. The van der Waals surface area contributed by atoms with Gasteiger partial charge in [-0.05, 0) is 49.2 Å². The quantitative estimate of drug-likeness (QED) is 0.367. The van der Waals surface area contributed by atoms with Gasteiger partial charge in [-0.25, -0.2) is 4.99 Å². The number of fused-ring (bicyclic) bond motifs is 3. The second kappa shape index (κ2) is 5.67. The normalized spacial score (nSPS) is 11.8. The molecule has 0 saturated heterocycles. The average molecular weight is 328 g/mol. The second-order valence-corrected chi connectivity index (χ2v) is 6.33. The Kier molecular flexibility index (Phi) is 3.46. The number of rotatable bonds is 2. The van der Waals surface area contributed by atoms with Crippen molar-refractivity contribution in [2.75, 3.05) is 0 Å². The fraction of sp³-hybridized carbons (Fsp3) is 0.0952. The summed E-state index contributed by atoms with van der Waals surface area (Å²) in [5.41, 5.74) is 8.65. The van der Waals surface area contributed by atoms with Gasteiger partial charge in [0.1, 0.15) is 0 Å². The summed E-state index contributed by atoms with van der Waals surface area (Å²) in [7, 11) is 0. The van der Waals surface area contributed by atoms with Gasteiger partial charge in [-0.2, -0.15) is 0 Å². The van der Waals surface area contributed by atoms with E-state index in [9.17, 15) is 10.1 Å². The Morgan fingerprint density at radius 1 is 0.760 bits per heavy atom. The van der Waals surface area contributed by atoms with E-state index < -0.39 is 4.92 Å². The third-order valence-electron chi connectivity index (χ3n) is 4.45. The van der Waals surface area contributed by atoms with E-state index in [0.29, 0.717) is 5.69 Å². The molecule has 0 spiro atoms. The predicted octanol–water partition coefficient (Wildman–Crippen LogP) is 5.36. The monoisotopic (exact) mass is 328 g/mol. The van der Waals surface area contributed by atoms with Crippen LogP contribution in [0.25, 0.3) is 11.1 Å². The van der Waals surface area contributed by atoms with Gasteiger partial charge in [0.15, 0.2) is 0 Å². The number of nitrogens with zero attached hydrogens (tertiary/aromatic N) is 2. The minimum absolute atomic E-state index is 0.0721. The summed E-state index contributed by atoms with van der Waals surface area (Å²) in [6.07, 6.45) is 0. The van der Waals surface area contributed by atoms with Crippen molar-refractivity contribution in [3.05, 3.63) is 93.0 Å². The van der Waals surface area contributed by atoms with Crippen molar-refractivity contribution in [3.8, 4) is 11.1 Å². The fourth-order valence-electron chi connectivity index (χ4n) is 3.22. The van der Waals surface area contributed by atoms with Crippen LogP contribution in [0.3, 0.4) is 0 Å². The van der Waals surface area contributed by atoms with E-state index in [2.05, 4.69) is 50.2 Å². The molecule has 25 heavy (non-hydrogen) atoms. The largest absolute Gasteiger partial charge is 0.269 e. The first kappa shape index (κ1) is 15.3. The van der Waals surface area contributed by atoms with E-state index in [-0.39, 0.29) is 5.69 Å². The lowest BCUT2D eigenvalue weighted by Crippen LogP contribution is -1.98. The Balaban J connectivity index is 1.90. The van der Waals surface area contributed by atoms with Crippen molar-refractivity contribution in [2.45, 2.75) is 13.8 Å². The number of aryl methyl sites for hydroxylation is 2. The average Bonchev–Trinajstić information content (AvgIpc) is 2.88. The van der Waals surface area contributed by atoms with E-state index in [4.69, 9.17) is 4.99 Å². The molecule has 4 heteroatoms. The smallest absolute Gasteiger partial charge is 0.258 e. The first-order valence-corrected chi connectivity index (χ1v) is 8.08. The van der Waals surface area contributed by atoms with Gasteiger partial charge >= 0.3 is 0 Å². The van der Waals surface area contributed by atoms with Gasteiger partial charge in [0.25, 0.3) is 5.69 Å². The lowest BCUT2D eigenvalue weighted by molar-refractivity contribution is -0.384. The van der Waals surface area contributed by atoms with Crippen LogP contribution in [0.4, 0.5) is 11.4 Å². The maximum Gasteiger partial charge on any atom is 0.269 e. The third kappa shape index (κ3) is 2.62. The summed E-state index contributed by atoms with van der Waals surface area (Å²) < 4.78 is 0. The molecule has 0 fully saturated rings. The molecule has 0 unspecified atom stereocenters. The molecule has 0 atom stereocenters. The molecule has 0 bridgehead atoms. The van der Waals surface area contributed by atoms with E-state index in [1.807, 2.05) is 0 Å². The zero-order valence-corrected chi connectivity index (χ0v) is 14.0. The lowest BCUT2D eigenvalue weighted by atomic mass is 10.0. The third-order valence-corrected chi connectivity index (χ3v) is 4.45. The van der Waals surface area contributed by atoms with Crippen molar-refractivity contribution in [2.24, 2.45) is 4.99 Å². The Labute approximate surface area is 145 Å². The first-order valence-electron chi connectivity index (χ1n) is 8.08. The molecule has 0 aliphatic heterocycles. The summed E-state index contributed by atoms with van der Waals surface area (Å²) in [6.45, 7) is 4.13. The van der Waals surface area contributed by atoms with Crippen molar-refractivity contribution in [1.29, 1.82) is 0 Å². The number of hydrogen-bond donors (Lipinski definition) is 0. The van der Waals surface area contributed by atoms with Crippen molar-refractivity contribution < 1.29 is 4.92 Å². The number of benzene rings is 3. The van der Waals surface area contributed by atoms with Crippen LogP contribution in [0.15, 0.2) is 65.7 Å². The van der Waals surface area contributed by atoms with Crippen LogP contribution in [0.2, 0.25) is 0 Å². The zero-order chi connectivity index (χ0) is 17.6. The van der Waals surface area contributed by atoms with E-state index >= 15 is 0 Å². The van der Waals surface area contributed by atoms with E-state index in [0.717, 1.165) is 16.8 Å². The maximum atomic E-state index is 10.8. The van der Waals surface area contributed by atoms with Crippen LogP contribution < -0.4 is 0 Å². The Morgan fingerprint density at radius 2 is 1.28 bits per heavy atom. The molecule has 4 rings (SSSR count). The highest BCUT2D eigenvalue weighted by molar-refractivity contribution is 6.25. The van der Waals surface area contributed by atoms with Gasteiger partial charge in [0, 0.05) is 23.3 Å². The lowest BCUT2D eigenvalue weighted by Gasteiger charge is -2.04. The van der Waals surface area contributed by atoms with E-state index in [1.54, 1.807) is 12.1 Å². The Morgan fingerprint density at radius 3 is 1.76 bits per heavy atom. The van der Waals surface area contributed by atoms with Crippen LogP contribution in [0, 0.1) is 24.0 Å². The van der Waals surface area contributed by atoms with Crippen LogP contribution >= 0.6 is 0 Å². The number of aliphatic imine (C=N–C) groups is 1. The second-order valence-electron chi connectivity index (χ2n) is 6.33. The number of non-ortho nitro benzene ring substituents is 1. The number of nitro benzene ring substituents is 1. The SMILES string of the molecule is Cc1ccc2c(c1)C(=Nc1ccc([N+](=O)[O-])cc1)c1cc(C)ccc1-2. The molecule has 4 nitrogen and oxygen atoms in total. The minimum atomic E-state index is -0.399. The van der Waals surface area contributed by atoms with Gasteiger partial charge in [0.2, 0.25) is 0 Å². The first-order chi connectivity index (χ1) is 12.0. The molecule has 122 valence electrons. The summed E-state index contributed by atoms with van der Waals surface area (Å²) in [5, 5.41) is 10.8. The molecule has 0 N–H and O–H groups in total. The highest BCUT2D eigenvalue weighted by Gasteiger charge is 2.25. The highest BCUT2D eigenvalue weighted by Crippen LogP contribution is 2.39. The molecule has 0 saturated carbocycles. The molecule has 3 aromatic carbocycles. The number of hydrogen-bond acceptors (Lipinski definition) is 3. The van der Waals surface area contributed by atoms with Crippen molar-refractivity contribution >= 4 is 17.1 Å². The van der Waals surface area contributed by atoms with Gasteiger partial charge in [-0.3, -0.25) is 10.1 Å². The van der Waals surface area contributed by atoms with Crippen LogP contribution in [0.1, 0.15) is 22.3 Å². The molecule has 0 radical (unpaired) electrons. The van der Waals surface area contributed by atoms with Gasteiger partial charge in [0.05, 0.1) is 16.3 Å².